The minimum Gasteiger partial charge on any atom is -0.341 e. The number of hydrogen-bond acceptors (Lipinski definition) is 4. The van der Waals surface area contributed by atoms with Gasteiger partial charge in [0.05, 0.1) is 0 Å². The van der Waals surface area contributed by atoms with E-state index >= 15 is 0 Å². The summed E-state index contributed by atoms with van der Waals surface area (Å²) in [7, 11) is 0. The lowest BCUT2D eigenvalue weighted by molar-refractivity contribution is -0.111. The van der Waals surface area contributed by atoms with Crippen molar-refractivity contribution >= 4 is 50.3 Å². The van der Waals surface area contributed by atoms with E-state index in [0.29, 0.717) is 11.3 Å². The van der Waals surface area contributed by atoms with Gasteiger partial charge in [0, 0.05) is 34.4 Å². The fourth-order valence-corrected chi connectivity index (χ4v) is 3.81. The maximum Gasteiger partial charge on any atom is 0.291 e. The molecule has 0 unspecified atom stereocenters. The maximum atomic E-state index is 12.5. The molecule has 4 rings (SSSR count). The normalized spacial score (nSPS) is 11.9. The highest BCUT2D eigenvalue weighted by Crippen LogP contribution is 2.30. The molecule has 0 saturated heterocycles. The fourth-order valence-electron chi connectivity index (χ4n) is 3.21. The first-order valence-corrected chi connectivity index (χ1v) is 9.50. The summed E-state index contributed by atoms with van der Waals surface area (Å²) in [6.07, 6.45) is 0.335. The number of halogens is 2. The number of rotatable bonds is 5. The van der Waals surface area contributed by atoms with E-state index in [-0.39, 0.29) is 5.13 Å². The summed E-state index contributed by atoms with van der Waals surface area (Å²) in [6.45, 7) is 2.97. The zero-order valence-corrected chi connectivity index (χ0v) is 15.7. The number of aromatic nitrogens is 3. The Kier molecular flexibility index (Phi) is 4.87. The number of amides is 1. The van der Waals surface area contributed by atoms with Crippen LogP contribution in [0.15, 0.2) is 48.5 Å². The number of anilines is 1. The zero-order chi connectivity index (χ0) is 19.7. The molecule has 0 spiro atoms. The Morgan fingerprint density at radius 1 is 1.18 bits per heavy atom. The van der Waals surface area contributed by atoms with Gasteiger partial charge in [0.1, 0.15) is 0 Å². The molecule has 142 valence electrons. The second-order valence-electron chi connectivity index (χ2n) is 6.11. The van der Waals surface area contributed by atoms with E-state index in [2.05, 4.69) is 39.1 Å². The number of alkyl halides is 2. The molecule has 2 aromatic carbocycles. The minimum absolute atomic E-state index is 0.0476. The lowest BCUT2D eigenvalue weighted by atomic mass is 10.1. The third-order valence-corrected chi connectivity index (χ3v) is 5.24. The average Bonchev–Trinajstić information content (AvgIpc) is 3.28. The fraction of sp³-hybridized carbons (Fsp3) is 0.150. The molecule has 0 aliphatic heterocycles. The molecule has 0 atom stereocenters. The molecule has 5 nitrogen and oxygen atoms in total. The van der Waals surface area contributed by atoms with Crippen molar-refractivity contribution in [2.75, 3.05) is 5.32 Å². The number of nitrogens with one attached hydrogen (secondary N) is 1. The number of carbonyl (C=O) groups excluding carboxylic acids is 1. The Balaban J connectivity index is 1.58. The van der Waals surface area contributed by atoms with Crippen LogP contribution in [-0.4, -0.2) is 20.7 Å². The van der Waals surface area contributed by atoms with Crippen LogP contribution in [0.3, 0.4) is 0 Å². The number of aryl methyl sites for hydroxylation is 1. The highest BCUT2D eigenvalue weighted by atomic mass is 32.1. The highest BCUT2D eigenvalue weighted by Gasteiger charge is 2.14. The third kappa shape index (κ3) is 3.38. The molecule has 2 heterocycles. The molecule has 0 bridgehead atoms. The van der Waals surface area contributed by atoms with Crippen molar-refractivity contribution in [3.05, 3.63) is 59.1 Å². The van der Waals surface area contributed by atoms with Crippen LogP contribution in [0, 0.1) is 0 Å². The Bertz CT molecular complexity index is 1200. The lowest BCUT2D eigenvalue weighted by Gasteiger charge is -2.02. The van der Waals surface area contributed by atoms with Gasteiger partial charge in [0.15, 0.2) is 5.01 Å². The van der Waals surface area contributed by atoms with Crippen molar-refractivity contribution in [2.45, 2.75) is 19.9 Å². The molecule has 28 heavy (non-hydrogen) atoms. The highest BCUT2D eigenvalue weighted by molar-refractivity contribution is 7.15. The lowest BCUT2D eigenvalue weighted by Crippen LogP contribution is -2.07. The summed E-state index contributed by atoms with van der Waals surface area (Å²) in [6, 6.07) is 14.2. The van der Waals surface area contributed by atoms with Crippen LogP contribution in [0.2, 0.25) is 0 Å². The van der Waals surface area contributed by atoms with Crippen LogP contribution in [0.4, 0.5) is 13.9 Å². The van der Waals surface area contributed by atoms with Gasteiger partial charge in [-0.1, -0.05) is 35.6 Å². The predicted molar refractivity (Wildman–Crippen MR) is 108 cm³/mol. The first-order valence-electron chi connectivity index (χ1n) is 8.68. The number of benzene rings is 2. The van der Waals surface area contributed by atoms with E-state index in [1.165, 1.54) is 11.6 Å². The van der Waals surface area contributed by atoms with Crippen molar-refractivity contribution in [2.24, 2.45) is 0 Å². The van der Waals surface area contributed by atoms with Crippen LogP contribution in [-0.2, 0) is 11.3 Å². The van der Waals surface area contributed by atoms with Crippen molar-refractivity contribution < 1.29 is 13.6 Å². The summed E-state index contributed by atoms with van der Waals surface area (Å²) in [5, 5.41) is 11.2. The molecule has 1 N–H and O–H groups in total. The van der Waals surface area contributed by atoms with Gasteiger partial charge < -0.3 is 4.57 Å². The minimum atomic E-state index is -2.70. The Hall–Kier alpha value is -3.13. The molecule has 0 saturated carbocycles. The molecule has 0 fully saturated rings. The summed E-state index contributed by atoms with van der Waals surface area (Å²) >= 11 is 0.659. The first-order chi connectivity index (χ1) is 13.6. The number of hydrogen-bond donors (Lipinski definition) is 1. The van der Waals surface area contributed by atoms with Gasteiger partial charge in [-0.15, -0.1) is 10.2 Å². The molecule has 4 aromatic rings. The van der Waals surface area contributed by atoms with Crippen LogP contribution in [0.25, 0.3) is 27.9 Å². The van der Waals surface area contributed by atoms with Gasteiger partial charge in [0.2, 0.25) is 11.0 Å². The topological polar surface area (TPSA) is 59.8 Å². The van der Waals surface area contributed by atoms with Crippen molar-refractivity contribution in [3.8, 4) is 0 Å². The van der Waals surface area contributed by atoms with E-state index in [1.807, 2.05) is 30.3 Å². The largest absolute Gasteiger partial charge is 0.341 e. The SMILES string of the molecule is CCn1c2ccccc2c2cc(C=CC(=O)Nc3nnc(C(F)F)s3)ccc21. The van der Waals surface area contributed by atoms with Gasteiger partial charge in [-0.25, -0.2) is 8.78 Å². The van der Waals surface area contributed by atoms with E-state index in [1.54, 1.807) is 6.08 Å². The van der Waals surface area contributed by atoms with Gasteiger partial charge in [-0.3, -0.25) is 10.1 Å². The zero-order valence-electron chi connectivity index (χ0n) is 14.9. The smallest absolute Gasteiger partial charge is 0.291 e. The van der Waals surface area contributed by atoms with Crippen LogP contribution < -0.4 is 5.32 Å². The molecule has 8 heteroatoms. The Morgan fingerprint density at radius 3 is 2.71 bits per heavy atom. The Morgan fingerprint density at radius 2 is 1.96 bits per heavy atom. The number of fused-ring (bicyclic) bond motifs is 3. The van der Waals surface area contributed by atoms with Crippen LogP contribution >= 0.6 is 11.3 Å². The predicted octanol–water partition coefficient (Wildman–Crippen LogP) is 5.26. The van der Waals surface area contributed by atoms with Crippen molar-refractivity contribution in [3.63, 3.8) is 0 Å². The molecule has 2 aromatic heterocycles. The number of carbonyl (C=O) groups is 1. The van der Waals surface area contributed by atoms with Gasteiger partial charge in [-0.05, 0) is 36.8 Å². The number of nitrogens with zero attached hydrogens (tertiary/aromatic N) is 3. The second kappa shape index (κ2) is 7.47. The molecular formula is C20H16F2N4OS. The third-order valence-electron chi connectivity index (χ3n) is 4.40. The van der Waals surface area contributed by atoms with Gasteiger partial charge in [0.25, 0.3) is 6.43 Å². The molecular weight excluding hydrogens is 382 g/mol. The summed E-state index contributed by atoms with van der Waals surface area (Å²) in [4.78, 5) is 12.0. The number of para-hydroxylation sites is 1. The maximum absolute atomic E-state index is 12.5. The summed E-state index contributed by atoms with van der Waals surface area (Å²) < 4.78 is 27.3. The summed E-state index contributed by atoms with van der Waals surface area (Å²) in [5.74, 6) is -0.451. The molecule has 1 amide bonds. The molecule has 0 aliphatic rings. The van der Waals surface area contributed by atoms with E-state index in [9.17, 15) is 13.6 Å². The van der Waals surface area contributed by atoms with E-state index < -0.39 is 17.3 Å². The second-order valence-corrected chi connectivity index (χ2v) is 7.12. The first kappa shape index (κ1) is 18.2. The average molecular weight is 398 g/mol. The monoisotopic (exact) mass is 398 g/mol. The van der Waals surface area contributed by atoms with E-state index in [0.717, 1.165) is 28.4 Å². The Labute approximate surface area is 163 Å². The summed E-state index contributed by atoms with van der Waals surface area (Å²) in [5.41, 5.74) is 3.18. The van der Waals surface area contributed by atoms with E-state index in [4.69, 9.17) is 0 Å². The van der Waals surface area contributed by atoms with Gasteiger partial charge >= 0.3 is 0 Å². The van der Waals surface area contributed by atoms with Crippen LogP contribution in [0.5, 0.6) is 0 Å². The molecule has 0 aliphatic carbocycles. The quantitative estimate of drug-likeness (QED) is 0.467. The van der Waals surface area contributed by atoms with Crippen LogP contribution in [0.1, 0.15) is 23.9 Å². The molecule has 0 radical (unpaired) electrons. The van der Waals surface area contributed by atoms with Crippen molar-refractivity contribution in [1.29, 1.82) is 0 Å². The van der Waals surface area contributed by atoms with Gasteiger partial charge in [-0.2, -0.15) is 0 Å². The standard InChI is InChI=1S/C20H16F2N4OS/c1-2-26-15-6-4-3-5-13(15)14-11-12(7-9-16(14)26)8-10-17(27)23-20-25-24-19(28-20)18(21)22/h3-11,18H,2H2,1H3,(H,23,25,27). The van der Waals surface area contributed by atoms with Crippen molar-refractivity contribution in [1.82, 2.24) is 14.8 Å².